The minimum absolute atomic E-state index is 0.0846. The molecular formula is C18H14Cl2F4. The topological polar surface area (TPSA) is 0 Å². The summed E-state index contributed by atoms with van der Waals surface area (Å²) in [7, 11) is 0. The maximum absolute atomic E-state index is 14.5. The molecule has 24 heavy (non-hydrogen) atoms. The fraction of sp³-hybridized carbons (Fsp3) is 0.444. The highest BCUT2D eigenvalue weighted by molar-refractivity contribution is 6.24. The molecule has 3 aliphatic rings. The van der Waals surface area contributed by atoms with Crippen molar-refractivity contribution in [2.45, 2.75) is 36.4 Å². The Morgan fingerprint density at radius 1 is 0.750 bits per heavy atom. The van der Waals surface area contributed by atoms with E-state index in [1.165, 1.54) is 0 Å². The molecule has 0 nitrogen and oxygen atoms in total. The summed E-state index contributed by atoms with van der Waals surface area (Å²) in [5, 5.41) is -0.837. The van der Waals surface area contributed by atoms with E-state index >= 15 is 0 Å². The summed E-state index contributed by atoms with van der Waals surface area (Å²) in [6.07, 6.45) is 3.50. The smallest absolute Gasteiger partial charge is 0.197 e. The van der Waals surface area contributed by atoms with Crippen LogP contribution in [0.15, 0.2) is 23.3 Å². The van der Waals surface area contributed by atoms with Gasteiger partial charge in [0.1, 0.15) is 0 Å². The number of hydrogen-bond donors (Lipinski definition) is 0. The quantitative estimate of drug-likeness (QED) is 0.177. The standard InChI is InChI=1S/C18H14Cl2F4/c1-5(2)8-11-9-6(19)3-4-7(20)10(9)12(8)14-13(11)15(21)17(23)18(24)16(14)22/h3-4,6-7,9-12H,1-2H3/t6-,7+,9-,10-,11+,12+/m0/s1. The fourth-order valence-electron chi connectivity index (χ4n) is 4.91. The Morgan fingerprint density at radius 2 is 1.12 bits per heavy atom. The number of rotatable bonds is 0. The summed E-state index contributed by atoms with van der Waals surface area (Å²) >= 11 is 12.8. The van der Waals surface area contributed by atoms with Crippen LogP contribution in [0.3, 0.4) is 0 Å². The van der Waals surface area contributed by atoms with E-state index in [9.17, 15) is 17.6 Å². The number of halogens is 6. The SMILES string of the molecule is CC(C)=C1[C@H]2c3c(F)c(F)c(F)c(F)c3[C@H]1[C@@H]1[C@@H]2[C@H](Cl)C=C[C@@H]1Cl. The van der Waals surface area contributed by atoms with Crippen LogP contribution in [0.1, 0.15) is 36.8 Å². The van der Waals surface area contributed by atoms with Crippen molar-refractivity contribution in [3.63, 3.8) is 0 Å². The number of hydrogen-bond acceptors (Lipinski definition) is 0. The Morgan fingerprint density at radius 3 is 1.46 bits per heavy atom. The van der Waals surface area contributed by atoms with Gasteiger partial charge in [0.25, 0.3) is 0 Å². The lowest BCUT2D eigenvalue weighted by molar-refractivity contribution is 0.303. The van der Waals surface area contributed by atoms with Gasteiger partial charge < -0.3 is 0 Å². The molecule has 128 valence electrons. The molecule has 0 radical (unpaired) electrons. The lowest BCUT2D eigenvalue weighted by Gasteiger charge is -2.38. The number of benzene rings is 1. The zero-order valence-corrected chi connectivity index (χ0v) is 14.4. The maximum Gasteiger partial charge on any atom is 0.197 e. The molecule has 0 N–H and O–H groups in total. The van der Waals surface area contributed by atoms with Crippen LogP contribution in [0, 0.1) is 35.1 Å². The second kappa shape index (κ2) is 5.25. The average molecular weight is 377 g/mol. The second-order valence-corrected chi connectivity index (χ2v) is 7.93. The van der Waals surface area contributed by atoms with Gasteiger partial charge in [-0.2, -0.15) is 0 Å². The minimum Gasteiger partial charge on any atom is -0.203 e. The Bertz CT molecular complexity index is 751. The van der Waals surface area contributed by atoms with Crippen LogP contribution in [0.2, 0.25) is 0 Å². The van der Waals surface area contributed by atoms with Gasteiger partial charge in [0.15, 0.2) is 23.3 Å². The highest BCUT2D eigenvalue weighted by atomic mass is 35.5. The predicted octanol–water partition coefficient (Wildman–Crippen LogP) is 5.79. The van der Waals surface area contributed by atoms with Crippen LogP contribution < -0.4 is 0 Å². The molecule has 3 aliphatic carbocycles. The van der Waals surface area contributed by atoms with Crippen LogP contribution in [-0.4, -0.2) is 10.8 Å². The molecule has 0 saturated heterocycles. The first-order valence-corrected chi connectivity index (χ1v) is 8.64. The molecular weight excluding hydrogens is 363 g/mol. The molecule has 0 aromatic heterocycles. The van der Waals surface area contributed by atoms with Crippen LogP contribution in [0.4, 0.5) is 17.6 Å². The normalized spacial score (nSPS) is 36.1. The minimum atomic E-state index is -1.76. The molecule has 1 saturated carbocycles. The van der Waals surface area contributed by atoms with Gasteiger partial charge in [0.2, 0.25) is 0 Å². The van der Waals surface area contributed by atoms with Crippen molar-refractivity contribution in [3.05, 3.63) is 57.7 Å². The first-order chi connectivity index (χ1) is 11.3. The van der Waals surface area contributed by atoms with E-state index in [0.29, 0.717) is 0 Å². The Kier molecular flexibility index (Phi) is 3.60. The van der Waals surface area contributed by atoms with Gasteiger partial charge >= 0.3 is 0 Å². The highest BCUT2D eigenvalue weighted by Gasteiger charge is 2.61. The molecule has 1 fully saturated rings. The molecule has 4 rings (SSSR count). The van der Waals surface area contributed by atoms with Gasteiger partial charge in [-0.1, -0.05) is 23.3 Å². The molecule has 1 aromatic rings. The van der Waals surface area contributed by atoms with E-state index in [1.54, 1.807) is 12.2 Å². The molecule has 0 aliphatic heterocycles. The van der Waals surface area contributed by atoms with Gasteiger partial charge in [0.05, 0.1) is 10.8 Å². The van der Waals surface area contributed by atoms with Gasteiger partial charge in [-0.05, 0) is 25.7 Å². The lowest BCUT2D eigenvalue weighted by atomic mass is 9.70. The van der Waals surface area contributed by atoms with Crippen molar-refractivity contribution in [2.75, 3.05) is 0 Å². The van der Waals surface area contributed by atoms with Crippen molar-refractivity contribution >= 4 is 23.2 Å². The van der Waals surface area contributed by atoms with E-state index < -0.39 is 45.9 Å². The summed E-state index contributed by atoms with van der Waals surface area (Å²) in [5.74, 6) is -7.81. The molecule has 6 atom stereocenters. The summed E-state index contributed by atoms with van der Waals surface area (Å²) in [6.45, 7) is 3.67. The van der Waals surface area contributed by atoms with Gasteiger partial charge in [-0.15, -0.1) is 23.2 Å². The van der Waals surface area contributed by atoms with Gasteiger partial charge in [0, 0.05) is 23.0 Å². The van der Waals surface area contributed by atoms with E-state index in [4.69, 9.17) is 23.2 Å². The van der Waals surface area contributed by atoms with Crippen LogP contribution in [-0.2, 0) is 0 Å². The molecule has 0 heterocycles. The summed E-state index contributed by atoms with van der Waals surface area (Å²) in [4.78, 5) is 0. The van der Waals surface area contributed by atoms with Gasteiger partial charge in [-0.25, -0.2) is 17.6 Å². The second-order valence-electron chi connectivity index (χ2n) is 6.92. The highest BCUT2D eigenvalue weighted by Crippen LogP contribution is 2.68. The van der Waals surface area contributed by atoms with Crippen molar-refractivity contribution in [2.24, 2.45) is 11.8 Å². The Balaban J connectivity index is 2.07. The first kappa shape index (κ1) is 16.5. The molecule has 0 unspecified atom stereocenters. The molecule has 2 bridgehead atoms. The number of fused-ring (bicyclic) bond motifs is 8. The van der Waals surface area contributed by atoms with Crippen molar-refractivity contribution in [1.29, 1.82) is 0 Å². The summed E-state index contributed by atoms with van der Waals surface area (Å²) in [5.41, 5.74) is 1.50. The molecule has 0 spiro atoms. The zero-order chi connectivity index (χ0) is 17.5. The maximum atomic E-state index is 14.5. The van der Waals surface area contributed by atoms with Crippen LogP contribution in [0.25, 0.3) is 0 Å². The Hall–Kier alpha value is -1.00. The Labute approximate surface area is 147 Å². The van der Waals surface area contributed by atoms with Crippen molar-refractivity contribution < 1.29 is 17.6 Å². The van der Waals surface area contributed by atoms with Gasteiger partial charge in [-0.3, -0.25) is 0 Å². The predicted molar refractivity (Wildman–Crippen MR) is 85.5 cm³/mol. The van der Waals surface area contributed by atoms with E-state index in [0.717, 1.165) is 11.1 Å². The third-order valence-electron chi connectivity index (χ3n) is 5.64. The van der Waals surface area contributed by atoms with E-state index in [1.807, 2.05) is 13.8 Å². The largest absolute Gasteiger partial charge is 0.203 e. The summed E-state index contributed by atoms with van der Waals surface area (Å²) in [6, 6.07) is 0. The monoisotopic (exact) mass is 376 g/mol. The van der Waals surface area contributed by atoms with E-state index in [-0.39, 0.29) is 23.0 Å². The first-order valence-electron chi connectivity index (χ1n) is 7.76. The average Bonchev–Trinajstić information content (AvgIpc) is 3.06. The van der Waals surface area contributed by atoms with Crippen LogP contribution in [0.5, 0.6) is 0 Å². The molecule has 1 aromatic carbocycles. The van der Waals surface area contributed by atoms with Crippen molar-refractivity contribution in [1.82, 2.24) is 0 Å². The lowest BCUT2D eigenvalue weighted by Crippen LogP contribution is -2.37. The third kappa shape index (κ3) is 1.82. The number of allylic oxidation sites excluding steroid dienone is 4. The molecule has 0 amide bonds. The zero-order valence-electron chi connectivity index (χ0n) is 12.9. The van der Waals surface area contributed by atoms with Crippen LogP contribution >= 0.6 is 23.2 Å². The number of alkyl halides is 2. The third-order valence-corrected chi connectivity index (χ3v) is 6.51. The van der Waals surface area contributed by atoms with E-state index in [2.05, 4.69) is 0 Å². The summed E-state index contributed by atoms with van der Waals surface area (Å²) < 4.78 is 56.7. The van der Waals surface area contributed by atoms with Crippen molar-refractivity contribution in [3.8, 4) is 0 Å². The molecule has 6 heteroatoms. The fourth-order valence-corrected chi connectivity index (χ4v) is 5.70.